The van der Waals surface area contributed by atoms with Crippen molar-refractivity contribution in [2.24, 2.45) is 0 Å². The third-order valence-corrected chi connectivity index (χ3v) is 4.41. The first kappa shape index (κ1) is 19.5. The van der Waals surface area contributed by atoms with Crippen LogP contribution < -0.4 is 0 Å². The molecule has 28 heavy (non-hydrogen) atoms. The number of nitrogens with zero attached hydrogens (tertiary/aromatic N) is 4. The fraction of sp³-hybridized carbons (Fsp3) is 0.444. The van der Waals surface area contributed by atoms with E-state index in [0.717, 1.165) is 19.3 Å². The van der Waals surface area contributed by atoms with Gasteiger partial charge in [0.05, 0.1) is 4.92 Å². The average molecular weight is 388 g/mol. The molecule has 1 fully saturated rings. The fourth-order valence-corrected chi connectivity index (χ4v) is 2.89. The lowest BCUT2D eigenvalue weighted by molar-refractivity contribution is -0.384. The largest absolute Gasteiger partial charge is 0.451 e. The number of aromatic nitrogens is 2. The standard InChI is InChI=1S/C18H20N4O6/c1-12(27-16(24)11-21-10-4-2-3-5-15(21)23)17-19-20-18(28-17)13-6-8-14(9-7-13)22(25)26/h6-9,12H,2-5,10-11H2,1H3/t12-/m0/s1. The van der Waals surface area contributed by atoms with E-state index >= 15 is 0 Å². The molecule has 1 atom stereocenters. The summed E-state index contributed by atoms with van der Waals surface area (Å²) in [6.45, 7) is 2.04. The summed E-state index contributed by atoms with van der Waals surface area (Å²) in [5, 5.41) is 18.5. The predicted molar refractivity (Wildman–Crippen MR) is 95.9 cm³/mol. The number of ether oxygens (including phenoxy) is 1. The van der Waals surface area contributed by atoms with Gasteiger partial charge >= 0.3 is 5.97 Å². The second-order valence-corrected chi connectivity index (χ2v) is 6.51. The molecule has 1 amide bonds. The maximum absolute atomic E-state index is 12.2. The first-order valence-corrected chi connectivity index (χ1v) is 8.99. The normalized spacial score (nSPS) is 15.8. The van der Waals surface area contributed by atoms with Crippen molar-refractivity contribution in [3.05, 3.63) is 40.3 Å². The summed E-state index contributed by atoms with van der Waals surface area (Å²) in [6.07, 6.45) is 2.35. The Bertz CT molecular complexity index is 863. The minimum absolute atomic E-state index is 0.0413. The Kier molecular flexibility index (Phi) is 5.97. The quantitative estimate of drug-likeness (QED) is 0.419. The van der Waals surface area contributed by atoms with Crippen LogP contribution in [0.2, 0.25) is 0 Å². The molecule has 0 bridgehead atoms. The molecule has 0 aliphatic carbocycles. The Balaban J connectivity index is 1.60. The molecule has 1 aromatic heterocycles. The highest BCUT2D eigenvalue weighted by atomic mass is 16.6. The highest BCUT2D eigenvalue weighted by molar-refractivity contribution is 5.82. The molecular formula is C18H20N4O6. The van der Waals surface area contributed by atoms with Crippen molar-refractivity contribution in [3.8, 4) is 11.5 Å². The van der Waals surface area contributed by atoms with Gasteiger partial charge in [-0.3, -0.25) is 19.7 Å². The maximum Gasteiger partial charge on any atom is 0.326 e. The van der Waals surface area contributed by atoms with Gasteiger partial charge in [-0.25, -0.2) is 0 Å². The van der Waals surface area contributed by atoms with Gasteiger partial charge in [-0.05, 0) is 31.9 Å². The molecule has 0 N–H and O–H groups in total. The van der Waals surface area contributed by atoms with E-state index in [9.17, 15) is 19.7 Å². The molecule has 0 spiro atoms. The molecule has 2 aromatic rings. The van der Waals surface area contributed by atoms with E-state index < -0.39 is 17.0 Å². The molecule has 1 aromatic carbocycles. The van der Waals surface area contributed by atoms with E-state index in [1.54, 1.807) is 6.92 Å². The zero-order valence-corrected chi connectivity index (χ0v) is 15.4. The molecule has 0 radical (unpaired) electrons. The van der Waals surface area contributed by atoms with Crippen LogP contribution >= 0.6 is 0 Å². The van der Waals surface area contributed by atoms with Gasteiger partial charge in [-0.1, -0.05) is 6.42 Å². The number of likely N-dealkylation sites (tertiary alicyclic amines) is 1. The number of esters is 1. The summed E-state index contributed by atoms with van der Waals surface area (Å²) in [4.78, 5) is 35.8. The van der Waals surface area contributed by atoms with Crippen molar-refractivity contribution in [2.75, 3.05) is 13.1 Å². The highest BCUT2D eigenvalue weighted by Gasteiger charge is 2.23. The Morgan fingerprint density at radius 2 is 2.04 bits per heavy atom. The lowest BCUT2D eigenvalue weighted by Gasteiger charge is -2.20. The first-order valence-electron chi connectivity index (χ1n) is 8.99. The molecule has 1 aliphatic rings. The van der Waals surface area contributed by atoms with Gasteiger partial charge in [-0.2, -0.15) is 0 Å². The number of carbonyl (C=O) groups excluding carboxylic acids is 2. The molecule has 1 aliphatic heterocycles. The predicted octanol–water partition coefficient (Wildman–Crippen LogP) is 2.65. The molecule has 0 unspecified atom stereocenters. The maximum atomic E-state index is 12.2. The molecule has 1 saturated heterocycles. The Hall–Kier alpha value is -3.30. The van der Waals surface area contributed by atoms with Crippen molar-refractivity contribution in [1.29, 1.82) is 0 Å². The molecule has 2 heterocycles. The number of nitro groups is 1. The first-order chi connectivity index (χ1) is 13.4. The second kappa shape index (κ2) is 8.59. The van der Waals surface area contributed by atoms with Crippen molar-refractivity contribution < 1.29 is 23.7 Å². The number of non-ortho nitro benzene ring substituents is 1. The van der Waals surface area contributed by atoms with Crippen molar-refractivity contribution in [2.45, 2.75) is 38.7 Å². The number of amides is 1. The van der Waals surface area contributed by atoms with E-state index in [4.69, 9.17) is 9.15 Å². The minimum Gasteiger partial charge on any atom is -0.451 e. The van der Waals surface area contributed by atoms with Gasteiger partial charge in [0, 0.05) is 30.7 Å². The number of hydrogen-bond acceptors (Lipinski definition) is 8. The van der Waals surface area contributed by atoms with Crippen LogP contribution in [-0.2, 0) is 14.3 Å². The molecular weight excluding hydrogens is 368 g/mol. The zero-order chi connectivity index (χ0) is 20.1. The van der Waals surface area contributed by atoms with Crippen LogP contribution in [0.1, 0.15) is 44.6 Å². The third-order valence-electron chi connectivity index (χ3n) is 4.41. The third kappa shape index (κ3) is 4.70. The monoisotopic (exact) mass is 388 g/mol. The average Bonchev–Trinajstić information content (AvgIpc) is 3.08. The summed E-state index contributed by atoms with van der Waals surface area (Å²) in [7, 11) is 0. The lowest BCUT2D eigenvalue weighted by atomic mass is 10.2. The Morgan fingerprint density at radius 3 is 2.75 bits per heavy atom. The second-order valence-electron chi connectivity index (χ2n) is 6.51. The van der Waals surface area contributed by atoms with Gasteiger partial charge in [0.1, 0.15) is 6.54 Å². The highest BCUT2D eigenvalue weighted by Crippen LogP contribution is 2.24. The van der Waals surface area contributed by atoms with Crippen LogP contribution in [-0.4, -0.2) is 45.0 Å². The van der Waals surface area contributed by atoms with Crippen molar-refractivity contribution >= 4 is 17.6 Å². The Labute approximate surface area is 160 Å². The number of rotatable bonds is 6. The van der Waals surface area contributed by atoms with Crippen LogP contribution in [0.5, 0.6) is 0 Å². The molecule has 10 nitrogen and oxygen atoms in total. The summed E-state index contributed by atoms with van der Waals surface area (Å²) < 4.78 is 10.8. The van der Waals surface area contributed by atoms with Gasteiger partial charge in [0.25, 0.3) is 11.6 Å². The Morgan fingerprint density at radius 1 is 1.29 bits per heavy atom. The van der Waals surface area contributed by atoms with Crippen molar-refractivity contribution in [3.63, 3.8) is 0 Å². The van der Waals surface area contributed by atoms with E-state index in [0.29, 0.717) is 18.5 Å². The summed E-state index contributed by atoms with van der Waals surface area (Å²) in [6, 6.07) is 5.66. The summed E-state index contributed by atoms with van der Waals surface area (Å²) >= 11 is 0. The molecule has 10 heteroatoms. The van der Waals surface area contributed by atoms with Crippen LogP contribution in [0.15, 0.2) is 28.7 Å². The van der Waals surface area contributed by atoms with Crippen LogP contribution in [0.4, 0.5) is 5.69 Å². The SMILES string of the molecule is C[C@H](OC(=O)CN1CCCCCC1=O)c1nnc(-c2ccc([N+](=O)[O-])cc2)o1. The molecule has 3 rings (SSSR count). The van der Waals surface area contributed by atoms with E-state index in [1.807, 2.05) is 0 Å². The van der Waals surface area contributed by atoms with Gasteiger partial charge < -0.3 is 14.1 Å². The van der Waals surface area contributed by atoms with Crippen LogP contribution in [0.25, 0.3) is 11.5 Å². The van der Waals surface area contributed by atoms with Crippen molar-refractivity contribution in [1.82, 2.24) is 15.1 Å². The van der Waals surface area contributed by atoms with Crippen LogP contribution in [0, 0.1) is 10.1 Å². The van der Waals surface area contributed by atoms with E-state index in [2.05, 4.69) is 10.2 Å². The summed E-state index contributed by atoms with van der Waals surface area (Å²) in [5.74, 6) is -0.322. The van der Waals surface area contributed by atoms with Gasteiger partial charge in [-0.15, -0.1) is 10.2 Å². The minimum atomic E-state index is -0.783. The molecule has 148 valence electrons. The number of hydrogen-bond donors (Lipinski definition) is 0. The lowest BCUT2D eigenvalue weighted by Crippen LogP contribution is -2.36. The topological polar surface area (TPSA) is 129 Å². The smallest absolute Gasteiger partial charge is 0.326 e. The fourth-order valence-electron chi connectivity index (χ4n) is 2.89. The van der Waals surface area contributed by atoms with Gasteiger partial charge in [0.15, 0.2) is 6.10 Å². The van der Waals surface area contributed by atoms with Crippen LogP contribution in [0.3, 0.4) is 0 Å². The van der Waals surface area contributed by atoms with E-state index in [-0.39, 0.29) is 29.9 Å². The van der Waals surface area contributed by atoms with Gasteiger partial charge in [0.2, 0.25) is 11.8 Å². The number of carbonyl (C=O) groups is 2. The number of benzene rings is 1. The molecule has 0 saturated carbocycles. The summed E-state index contributed by atoms with van der Waals surface area (Å²) in [5.41, 5.74) is 0.465. The van der Waals surface area contributed by atoms with E-state index in [1.165, 1.54) is 29.2 Å². The zero-order valence-electron chi connectivity index (χ0n) is 15.4. The number of nitro benzene ring substituents is 1.